The van der Waals surface area contributed by atoms with Gasteiger partial charge in [0.1, 0.15) is 5.82 Å². The van der Waals surface area contributed by atoms with Crippen LogP contribution in [-0.2, 0) is 13.6 Å². The lowest BCUT2D eigenvalue weighted by molar-refractivity contribution is 0.0781. The van der Waals surface area contributed by atoms with Crippen LogP contribution in [0.2, 0.25) is 0 Å². The Balaban J connectivity index is 1.83. The first kappa shape index (κ1) is 14.4. The standard InChI is InChI=1S/C17H20N4O/c1-11-6-5-7-14-16(11)19-15(18-14)10-21(4)17(22)13-8-9-20(3)12(13)2/h5-9H,10H2,1-4H3,(H,18,19). The number of carbonyl (C=O) groups excluding carboxylic acids is 1. The van der Waals surface area contributed by atoms with Crippen molar-refractivity contribution in [2.75, 3.05) is 7.05 Å². The number of fused-ring (bicyclic) bond motifs is 1. The number of aryl methyl sites for hydroxylation is 2. The normalized spacial score (nSPS) is 11.1. The van der Waals surface area contributed by atoms with Gasteiger partial charge in [-0.25, -0.2) is 4.98 Å². The second-order valence-corrected chi connectivity index (χ2v) is 5.74. The predicted molar refractivity (Wildman–Crippen MR) is 86.8 cm³/mol. The fourth-order valence-corrected chi connectivity index (χ4v) is 2.64. The Morgan fingerprint density at radius 1 is 1.32 bits per heavy atom. The van der Waals surface area contributed by atoms with Crippen LogP contribution >= 0.6 is 0 Å². The Hall–Kier alpha value is -2.56. The highest BCUT2D eigenvalue weighted by atomic mass is 16.2. The van der Waals surface area contributed by atoms with Crippen LogP contribution in [-0.4, -0.2) is 32.4 Å². The molecule has 22 heavy (non-hydrogen) atoms. The molecule has 5 heteroatoms. The summed E-state index contributed by atoms with van der Waals surface area (Å²) in [5, 5.41) is 0. The third-order valence-corrected chi connectivity index (χ3v) is 4.11. The van der Waals surface area contributed by atoms with E-state index in [0.717, 1.165) is 33.7 Å². The van der Waals surface area contributed by atoms with Crippen molar-refractivity contribution in [3.63, 3.8) is 0 Å². The molecule has 2 heterocycles. The second-order valence-electron chi connectivity index (χ2n) is 5.74. The minimum Gasteiger partial charge on any atom is -0.354 e. The van der Waals surface area contributed by atoms with Crippen LogP contribution in [0.25, 0.3) is 11.0 Å². The Bertz CT molecular complexity index is 844. The van der Waals surface area contributed by atoms with Crippen LogP contribution in [0.3, 0.4) is 0 Å². The SMILES string of the molecule is Cc1cccc2[nH]c(CN(C)C(=O)c3ccn(C)c3C)nc12. The number of nitrogens with one attached hydrogen (secondary N) is 1. The van der Waals surface area contributed by atoms with Crippen LogP contribution in [0.1, 0.15) is 27.4 Å². The molecule has 0 bridgehead atoms. The fourth-order valence-electron chi connectivity index (χ4n) is 2.64. The number of aromatic nitrogens is 3. The molecule has 0 aliphatic rings. The highest BCUT2D eigenvalue weighted by Gasteiger charge is 2.17. The molecular formula is C17H20N4O. The van der Waals surface area contributed by atoms with Gasteiger partial charge in [0.05, 0.1) is 23.1 Å². The lowest BCUT2D eigenvalue weighted by Gasteiger charge is -2.15. The number of amides is 1. The van der Waals surface area contributed by atoms with Crippen LogP contribution in [0.5, 0.6) is 0 Å². The first-order valence-corrected chi connectivity index (χ1v) is 7.29. The maximum Gasteiger partial charge on any atom is 0.255 e. The zero-order valence-corrected chi connectivity index (χ0v) is 13.3. The van der Waals surface area contributed by atoms with Gasteiger partial charge in [0, 0.05) is 26.0 Å². The van der Waals surface area contributed by atoms with E-state index in [2.05, 4.69) is 9.97 Å². The summed E-state index contributed by atoms with van der Waals surface area (Å²) in [6, 6.07) is 7.90. The fraction of sp³-hybridized carbons (Fsp3) is 0.294. The summed E-state index contributed by atoms with van der Waals surface area (Å²) in [5.41, 5.74) is 4.81. The number of hydrogen-bond acceptors (Lipinski definition) is 2. The van der Waals surface area contributed by atoms with Crippen LogP contribution < -0.4 is 0 Å². The topological polar surface area (TPSA) is 53.9 Å². The van der Waals surface area contributed by atoms with Crippen LogP contribution in [0.4, 0.5) is 0 Å². The van der Waals surface area contributed by atoms with Crippen LogP contribution in [0.15, 0.2) is 30.5 Å². The van der Waals surface area contributed by atoms with Crippen molar-refractivity contribution in [3.05, 3.63) is 53.1 Å². The van der Waals surface area contributed by atoms with E-state index in [-0.39, 0.29) is 5.91 Å². The van der Waals surface area contributed by atoms with E-state index in [1.807, 2.05) is 55.9 Å². The van der Waals surface area contributed by atoms with Crippen LogP contribution in [0, 0.1) is 13.8 Å². The lowest BCUT2D eigenvalue weighted by atomic mass is 10.2. The Morgan fingerprint density at radius 3 is 2.73 bits per heavy atom. The number of para-hydroxylation sites is 1. The number of rotatable bonds is 3. The van der Waals surface area contributed by atoms with Gasteiger partial charge in [0.15, 0.2) is 0 Å². The van der Waals surface area contributed by atoms with Gasteiger partial charge in [-0.2, -0.15) is 0 Å². The molecule has 0 aliphatic carbocycles. The third kappa shape index (κ3) is 2.39. The molecule has 3 aromatic rings. The number of imidazole rings is 1. The monoisotopic (exact) mass is 296 g/mol. The van der Waals surface area contributed by atoms with E-state index in [9.17, 15) is 4.79 Å². The molecule has 3 rings (SSSR count). The highest BCUT2D eigenvalue weighted by molar-refractivity contribution is 5.95. The molecule has 2 aromatic heterocycles. The zero-order chi connectivity index (χ0) is 15.9. The maximum atomic E-state index is 12.5. The third-order valence-electron chi connectivity index (χ3n) is 4.11. The number of carbonyl (C=O) groups is 1. The molecular weight excluding hydrogens is 276 g/mol. The summed E-state index contributed by atoms with van der Waals surface area (Å²) < 4.78 is 1.95. The summed E-state index contributed by atoms with van der Waals surface area (Å²) in [7, 11) is 3.74. The van der Waals surface area contributed by atoms with E-state index < -0.39 is 0 Å². The van der Waals surface area contributed by atoms with Gasteiger partial charge < -0.3 is 14.5 Å². The minimum absolute atomic E-state index is 0.00952. The van der Waals surface area contributed by atoms with Crippen molar-refractivity contribution in [2.45, 2.75) is 20.4 Å². The molecule has 0 spiro atoms. The summed E-state index contributed by atoms with van der Waals surface area (Å²) in [6.45, 7) is 4.45. The second kappa shape index (κ2) is 5.33. The molecule has 1 aromatic carbocycles. The van der Waals surface area contributed by atoms with E-state index in [0.29, 0.717) is 6.54 Å². The summed E-state index contributed by atoms with van der Waals surface area (Å²) in [5.74, 6) is 0.809. The Kier molecular flexibility index (Phi) is 3.48. The van der Waals surface area contributed by atoms with E-state index in [1.54, 1.807) is 11.9 Å². The van der Waals surface area contributed by atoms with Crippen molar-refractivity contribution in [2.24, 2.45) is 7.05 Å². The quantitative estimate of drug-likeness (QED) is 0.808. The van der Waals surface area contributed by atoms with Crippen molar-refractivity contribution in [1.29, 1.82) is 0 Å². The Labute approximate surface area is 129 Å². The first-order valence-electron chi connectivity index (χ1n) is 7.29. The molecule has 5 nitrogen and oxygen atoms in total. The van der Waals surface area contributed by atoms with Gasteiger partial charge in [-0.3, -0.25) is 4.79 Å². The molecule has 114 valence electrons. The number of benzene rings is 1. The average Bonchev–Trinajstić information content (AvgIpc) is 3.04. The van der Waals surface area contributed by atoms with Crippen molar-refractivity contribution in [1.82, 2.24) is 19.4 Å². The minimum atomic E-state index is 0.00952. The number of aromatic amines is 1. The largest absolute Gasteiger partial charge is 0.354 e. The number of hydrogen-bond donors (Lipinski definition) is 1. The molecule has 0 saturated carbocycles. The molecule has 1 amide bonds. The molecule has 0 unspecified atom stereocenters. The van der Waals surface area contributed by atoms with E-state index >= 15 is 0 Å². The summed E-state index contributed by atoms with van der Waals surface area (Å²) >= 11 is 0. The van der Waals surface area contributed by atoms with Gasteiger partial charge in [0.2, 0.25) is 0 Å². The molecule has 0 radical (unpaired) electrons. The van der Waals surface area contributed by atoms with Gasteiger partial charge in [0.25, 0.3) is 5.91 Å². The smallest absolute Gasteiger partial charge is 0.255 e. The van der Waals surface area contributed by atoms with E-state index in [4.69, 9.17) is 0 Å². The molecule has 0 atom stereocenters. The first-order chi connectivity index (χ1) is 10.5. The average molecular weight is 296 g/mol. The Morgan fingerprint density at radius 2 is 2.09 bits per heavy atom. The molecule has 0 fully saturated rings. The number of H-pyrrole nitrogens is 1. The van der Waals surface area contributed by atoms with Crippen molar-refractivity contribution in [3.8, 4) is 0 Å². The van der Waals surface area contributed by atoms with Crippen molar-refractivity contribution >= 4 is 16.9 Å². The highest BCUT2D eigenvalue weighted by Crippen LogP contribution is 2.17. The summed E-state index contributed by atoms with van der Waals surface area (Å²) in [4.78, 5) is 22.1. The predicted octanol–water partition coefficient (Wildman–Crippen LogP) is 2.79. The molecule has 0 aliphatic heterocycles. The number of nitrogens with zero attached hydrogens (tertiary/aromatic N) is 3. The van der Waals surface area contributed by atoms with Gasteiger partial charge in [-0.05, 0) is 31.5 Å². The molecule has 1 N–H and O–H groups in total. The van der Waals surface area contributed by atoms with Gasteiger partial charge in [-0.15, -0.1) is 0 Å². The summed E-state index contributed by atoms with van der Waals surface area (Å²) in [6.07, 6.45) is 1.90. The van der Waals surface area contributed by atoms with Gasteiger partial charge in [-0.1, -0.05) is 12.1 Å². The molecule has 0 saturated heterocycles. The lowest BCUT2D eigenvalue weighted by Crippen LogP contribution is -2.27. The van der Waals surface area contributed by atoms with Crippen molar-refractivity contribution < 1.29 is 4.79 Å². The maximum absolute atomic E-state index is 12.5. The van der Waals surface area contributed by atoms with E-state index in [1.165, 1.54) is 0 Å². The zero-order valence-electron chi connectivity index (χ0n) is 13.3. The van der Waals surface area contributed by atoms with Gasteiger partial charge >= 0.3 is 0 Å².